The van der Waals surface area contributed by atoms with Gasteiger partial charge in [0.2, 0.25) is 0 Å². The first kappa shape index (κ1) is 15.1. The number of amides is 1. The molecule has 0 unspecified atom stereocenters. The smallest absolute Gasteiger partial charge is 0.306 e. The summed E-state index contributed by atoms with van der Waals surface area (Å²) in [6.07, 6.45) is 4.96. The summed E-state index contributed by atoms with van der Waals surface area (Å²) in [5.41, 5.74) is 1.72. The number of carbonyl (C=O) groups is 2. The van der Waals surface area contributed by atoms with Crippen LogP contribution in [0.5, 0.6) is 0 Å². The predicted octanol–water partition coefficient (Wildman–Crippen LogP) is 2.01. The van der Waals surface area contributed by atoms with Crippen molar-refractivity contribution in [2.45, 2.75) is 58.0 Å². The molecule has 120 valence electrons. The van der Waals surface area contributed by atoms with Gasteiger partial charge in [0.1, 0.15) is 0 Å². The zero-order valence-electron chi connectivity index (χ0n) is 13.1. The SMILES string of the molecule is CC(C)Cn1ncc(C(=O)NC2CC(C(=O)O)C2)c1C1CC1. The molecule has 1 aromatic rings. The van der Waals surface area contributed by atoms with E-state index in [-0.39, 0.29) is 17.9 Å². The van der Waals surface area contributed by atoms with E-state index in [1.165, 1.54) is 0 Å². The number of nitrogens with one attached hydrogen (secondary N) is 1. The summed E-state index contributed by atoms with van der Waals surface area (Å²) in [5.74, 6) is -0.247. The molecule has 1 heterocycles. The minimum absolute atomic E-state index is 0.0194. The number of aromatic nitrogens is 2. The van der Waals surface area contributed by atoms with Gasteiger partial charge in [-0.25, -0.2) is 0 Å². The fourth-order valence-corrected chi connectivity index (χ4v) is 3.05. The summed E-state index contributed by atoms with van der Waals surface area (Å²) in [7, 11) is 0. The van der Waals surface area contributed by atoms with Crippen molar-refractivity contribution >= 4 is 11.9 Å². The molecule has 0 aliphatic heterocycles. The molecule has 2 N–H and O–H groups in total. The molecule has 3 rings (SSSR count). The molecule has 6 nitrogen and oxygen atoms in total. The summed E-state index contributed by atoms with van der Waals surface area (Å²) in [6, 6.07) is -0.0194. The summed E-state index contributed by atoms with van der Waals surface area (Å²) in [5, 5.41) is 16.2. The van der Waals surface area contributed by atoms with Gasteiger partial charge in [-0.15, -0.1) is 0 Å². The van der Waals surface area contributed by atoms with Crippen molar-refractivity contribution in [3.8, 4) is 0 Å². The lowest BCUT2D eigenvalue weighted by atomic mass is 9.80. The summed E-state index contributed by atoms with van der Waals surface area (Å²) in [6.45, 7) is 5.10. The average Bonchev–Trinajstić information content (AvgIpc) is 3.14. The first-order valence-corrected chi connectivity index (χ1v) is 8.05. The average molecular weight is 305 g/mol. The van der Waals surface area contributed by atoms with Crippen LogP contribution >= 0.6 is 0 Å². The first-order chi connectivity index (χ1) is 10.5. The van der Waals surface area contributed by atoms with Crippen molar-refractivity contribution in [1.29, 1.82) is 0 Å². The molecule has 2 fully saturated rings. The van der Waals surface area contributed by atoms with Crippen LogP contribution in [0.3, 0.4) is 0 Å². The van der Waals surface area contributed by atoms with E-state index in [2.05, 4.69) is 24.3 Å². The molecule has 0 spiro atoms. The lowest BCUT2D eigenvalue weighted by Gasteiger charge is -2.32. The monoisotopic (exact) mass is 305 g/mol. The third kappa shape index (κ3) is 3.00. The molecule has 2 aliphatic rings. The van der Waals surface area contributed by atoms with Crippen molar-refractivity contribution in [3.05, 3.63) is 17.5 Å². The highest BCUT2D eigenvalue weighted by Crippen LogP contribution is 2.42. The van der Waals surface area contributed by atoms with Crippen LogP contribution in [0.4, 0.5) is 0 Å². The van der Waals surface area contributed by atoms with Crippen molar-refractivity contribution < 1.29 is 14.7 Å². The molecule has 2 aliphatic carbocycles. The van der Waals surface area contributed by atoms with Gasteiger partial charge < -0.3 is 10.4 Å². The second-order valence-electron chi connectivity index (χ2n) is 6.97. The first-order valence-electron chi connectivity index (χ1n) is 8.05. The number of carbonyl (C=O) groups excluding carboxylic acids is 1. The number of hydrogen-bond acceptors (Lipinski definition) is 3. The van der Waals surface area contributed by atoms with E-state index < -0.39 is 5.97 Å². The maximum atomic E-state index is 12.5. The minimum Gasteiger partial charge on any atom is -0.481 e. The Kier molecular flexibility index (Phi) is 3.93. The summed E-state index contributed by atoms with van der Waals surface area (Å²) < 4.78 is 1.97. The van der Waals surface area contributed by atoms with E-state index in [1.54, 1.807) is 6.20 Å². The zero-order valence-corrected chi connectivity index (χ0v) is 13.1. The van der Waals surface area contributed by atoms with Gasteiger partial charge in [0.15, 0.2) is 0 Å². The molecule has 0 saturated heterocycles. The number of hydrogen-bond donors (Lipinski definition) is 2. The van der Waals surface area contributed by atoms with Crippen molar-refractivity contribution in [2.75, 3.05) is 0 Å². The van der Waals surface area contributed by atoms with Crippen molar-refractivity contribution in [2.24, 2.45) is 11.8 Å². The molecule has 6 heteroatoms. The predicted molar refractivity (Wildman–Crippen MR) is 80.7 cm³/mol. The van der Waals surface area contributed by atoms with E-state index in [0.717, 1.165) is 25.1 Å². The van der Waals surface area contributed by atoms with Gasteiger partial charge in [0.05, 0.1) is 23.4 Å². The second kappa shape index (κ2) is 5.74. The number of rotatable bonds is 6. The Labute approximate surface area is 129 Å². The van der Waals surface area contributed by atoms with Gasteiger partial charge in [-0.1, -0.05) is 13.8 Å². The molecule has 1 aromatic heterocycles. The van der Waals surface area contributed by atoms with Gasteiger partial charge in [-0.3, -0.25) is 14.3 Å². The highest BCUT2D eigenvalue weighted by molar-refractivity contribution is 5.95. The molecular formula is C16H23N3O3. The largest absolute Gasteiger partial charge is 0.481 e. The molecule has 22 heavy (non-hydrogen) atoms. The Morgan fingerprint density at radius 2 is 2.09 bits per heavy atom. The van der Waals surface area contributed by atoms with Crippen LogP contribution in [0.2, 0.25) is 0 Å². The lowest BCUT2D eigenvalue weighted by molar-refractivity contribution is -0.145. The van der Waals surface area contributed by atoms with Gasteiger partial charge in [0, 0.05) is 18.5 Å². The standard InChI is InChI=1S/C16H23N3O3/c1-9(2)8-19-14(10-3-4-10)13(7-17-19)15(20)18-12-5-11(6-12)16(21)22/h7,9-12H,3-6,8H2,1-2H3,(H,18,20)(H,21,22). The van der Waals surface area contributed by atoms with Crippen LogP contribution < -0.4 is 5.32 Å². The quantitative estimate of drug-likeness (QED) is 0.842. The fourth-order valence-electron chi connectivity index (χ4n) is 3.05. The number of carboxylic acids is 1. The third-order valence-corrected chi connectivity index (χ3v) is 4.45. The summed E-state index contributed by atoms with van der Waals surface area (Å²) >= 11 is 0. The molecule has 0 radical (unpaired) electrons. The van der Waals surface area contributed by atoms with E-state index in [0.29, 0.717) is 30.2 Å². The highest BCUT2D eigenvalue weighted by Gasteiger charge is 2.37. The Morgan fingerprint density at radius 3 is 2.64 bits per heavy atom. The van der Waals surface area contributed by atoms with Crippen LogP contribution in [0.15, 0.2) is 6.20 Å². The molecule has 0 aromatic carbocycles. The van der Waals surface area contributed by atoms with Crippen LogP contribution in [0.1, 0.15) is 61.5 Å². The third-order valence-electron chi connectivity index (χ3n) is 4.45. The molecular weight excluding hydrogens is 282 g/mol. The highest BCUT2D eigenvalue weighted by atomic mass is 16.4. The lowest BCUT2D eigenvalue weighted by Crippen LogP contribution is -2.46. The number of aliphatic carboxylic acids is 1. The molecule has 2 saturated carbocycles. The maximum Gasteiger partial charge on any atom is 0.306 e. The minimum atomic E-state index is -0.770. The van der Waals surface area contributed by atoms with Crippen LogP contribution in [0, 0.1) is 11.8 Å². The normalized spacial score (nSPS) is 24.1. The zero-order chi connectivity index (χ0) is 15.9. The van der Waals surface area contributed by atoms with Crippen molar-refractivity contribution in [3.63, 3.8) is 0 Å². The van der Waals surface area contributed by atoms with E-state index in [4.69, 9.17) is 5.11 Å². The number of carboxylic acid groups (broad SMARTS) is 1. The summed E-state index contributed by atoms with van der Waals surface area (Å²) in [4.78, 5) is 23.3. The second-order valence-corrected chi connectivity index (χ2v) is 6.97. The molecule has 0 atom stereocenters. The Balaban J connectivity index is 1.68. The van der Waals surface area contributed by atoms with E-state index in [9.17, 15) is 9.59 Å². The van der Waals surface area contributed by atoms with Crippen LogP contribution in [-0.4, -0.2) is 32.8 Å². The van der Waals surface area contributed by atoms with Crippen LogP contribution in [-0.2, 0) is 11.3 Å². The molecule has 1 amide bonds. The van der Waals surface area contributed by atoms with Gasteiger partial charge in [0.25, 0.3) is 5.91 Å². The van der Waals surface area contributed by atoms with E-state index in [1.807, 2.05) is 4.68 Å². The maximum absolute atomic E-state index is 12.5. The Hall–Kier alpha value is -1.85. The van der Waals surface area contributed by atoms with Gasteiger partial charge in [-0.05, 0) is 31.6 Å². The van der Waals surface area contributed by atoms with E-state index >= 15 is 0 Å². The number of nitrogens with zero attached hydrogens (tertiary/aromatic N) is 2. The van der Waals surface area contributed by atoms with Gasteiger partial charge in [-0.2, -0.15) is 5.10 Å². The van der Waals surface area contributed by atoms with Crippen molar-refractivity contribution in [1.82, 2.24) is 15.1 Å². The van der Waals surface area contributed by atoms with Crippen LogP contribution in [0.25, 0.3) is 0 Å². The van der Waals surface area contributed by atoms with Gasteiger partial charge >= 0.3 is 5.97 Å². The topological polar surface area (TPSA) is 84.2 Å². The Morgan fingerprint density at radius 1 is 1.41 bits per heavy atom. The fraction of sp³-hybridized carbons (Fsp3) is 0.688. The Bertz CT molecular complexity index is 583. The molecule has 0 bridgehead atoms.